The largest absolute Gasteiger partial charge is 0.356 e. The Bertz CT molecular complexity index is 871. The minimum Gasteiger partial charge on any atom is -0.356 e. The first-order chi connectivity index (χ1) is 12.7. The van der Waals surface area contributed by atoms with Gasteiger partial charge in [-0.2, -0.15) is 0 Å². The van der Waals surface area contributed by atoms with Crippen LogP contribution in [0.25, 0.3) is 11.0 Å². The maximum absolute atomic E-state index is 11.6. The smallest absolute Gasteiger partial charge is 0.219 e. The van der Waals surface area contributed by atoms with Crippen LogP contribution in [0.1, 0.15) is 37.6 Å². The van der Waals surface area contributed by atoms with E-state index in [2.05, 4.69) is 16.0 Å². The lowest BCUT2D eigenvalue weighted by Gasteiger charge is -2.10. The van der Waals surface area contributed by atoms with Crippen molar-refractivity contribution >= 4 is 28.5 Å². The van der Waals surface area contributed by atoms with Gasteiger partial charge in [0.1, 0.15) is 5.82 Å². The van der Waals surface area contributed by atoms with Gasteiger partial charge in [-0.25, -0.2) is 4.98 Å². The number of halogens is 1. The number of aryl methyl sites for hydroxylation is 1. The van der Waals surface area contributed by atoms with E-state index in [1.807, 2.05) is 49.4 Å². The number of carbonyl (C=O) groups excluding carboxylic acids is 1. The van der Waals surface area contributed by atoms with E-state index in [-0.39, 0.29) is 5.91 Å². The van der Waals surface area contributed by atoms with Gasteiger partial charge in [0.15, 0.2) is 0 Å². The van der Waals surface area contributed by atoms with Gasteiger partial charge in [0.25, 0.3) is 0 Å². The normalized spacial score (nSPS) is 11.0. The Labute approximate surface area is 159 Å². The van der Waals surface area contributed by atoms with Crippen molar-refractivity contribution in [3.05, 3.63) is 64.9 Å². The molecule has 0 aliphatic carbocycles. The number of aromatic nitrogens is 2. The summed E-state index contributed by atoms with van der Waals surface area (Å²) in [6.45, 7) is 3.46. The van der Waals surface area contributed by atoms with Crippen molar-refractivity contribution in [2.75, 3.05) is 6.54 Å². The molecule has 136 valence electrons. The Morgan fingerprint density at radius 1 is 1.15 bits per heavy atom. The number of imidazole rings is 1. The highest BCUT2D eigenvalue weighted by atomic mass is 35.5. The Balaban J connectivity index is 1.74. The lowest BCUT2D eigenvalue weighted by atomic mass is 10.2. The van der Waals surface area contributed by atoms with E-state index < -0.39 is 0 Å². The van der Waals surface area contributed by atoms with Gasteiger partial charge in [-0.05, 0) is 42.7 Å². The van der Waals surface area contributed by atoms with E-state index in [4.69, 9.17) is 16.6 Å². The van der Waals surface area contributed by atoms with Gasteiger partial charge in [-0.3, -0.25) is 4.79 Å². The molecule has 0 radical (unpaired) electrons. The first kappa shape index (κ1) is 18.5. The molecule has 4 nitrogen and oxygen atoms in total. The fourth-order valence-electron chi connectivity index (χ4n) is 3.05. The first-order valence-corrected chi connectivity index (χ1v) is 9.50. The molecule has 3 aromatic rings. The van der Waals surface area contributed by atoms with Crippen LogP contribution < -0.4 is 5.32 Å². The highest BCUT2D eigenvalue weighted by Gasteiger charge is 2.11. The second-order valence-electron chi connectivity index (χ2n) is 6.43. The van der Waals surface area contributed by atoms with Crippen LogP contribution in [0.15, 0.2) is 48.5 Å². The average Bonchev–Trinajstić information content (AvgIpc) is 2.98. The highest BCUT2D eigenvalue weighted by molar-refractivity contribution is 6.30. The van der Waals surface area contributed by atoms with Crippen LogP contribution in [0.3, 0.4) is 0 Å². The second kappa shape index (κ2) is 8.86. The first-order valence-electron chi connectivity index (χ1n) is 9.12. The Kier molecular flexibility index (Phi) is 6.29. The predicted molar refractivity (Wildman–Crippen MR) is 107 cm³/mol. The minimum absolute atomic E-state index is 0.127. The van der Waals surface area contributed by atoms with Crippen LogP contribution in [0.4, 0.5) is 0 Å². The molecular weight excluding hydrogens is 346 g/mol. The van der Waals surface area contributed by atoms with E-state index in [1.54, 1.807) is 0 Å². The van der Waals surface area contributed by atoms with Gasteiger partial charge in [0.2, 0.25) is 5.91 Å². The van der Waals surface area contributed by atoms with Gasteiger partial charge < -0.3 is 9.88 Å². The average molecular weight is 370 g/mol. The summed E-state index contributed by atoms with van der Waals surface area (Å²) in [4.78, 5) is 16.4. The van der Waals surface area contributed by atoms with Gasteiger partial charge in [-0.1, -0.05) is 42.8 Å². The van der Waals surface area contributed by atoms with Crippen molar-refractivity contribution in [1.82, 2.24) is 14.9 Å². The summed E-state index contributed by atoms with van der Waals surface area (Å²) in [6.07, 6.45) is 3.17. The summed E-state index contributed by atoms with van der Waals surface area (Å²) in [6, 6.07) is 16.1. The summed E-state index contributed by atoms with van der Waals surface area (Å²) in [5.41, 5.74) is 3.33. The third kappa shape index (κ3) is 4.64. The Morgan fingerprint density at radius 3 is 2.69 bits per heavy atom. The predicted octanol–water partition coefficient (Wildman–Crippen LogP) is 4.59. The molecule has 0 unspecified atom stereocenters. The SMILES string of the molecule is CCCC(=O)NCCCc1nc2ccccc2n1Cc1ccc(Cl)cc1. The molecule has 1 N–H and O–H groups in total. The molecule has 0 atom stereocenters. The van der Waals surface area contributed by atoms with Crippen LogP contribution in [0.5, 0.6) is 0 Å². The quantitative estimate of drug-likeness (QED) is 0.590. The number of hydrogen-bond donors (Lipinski definition) is 1. The van der Waals surface area contributed by atoms with Gasteiger partial charge >= 0.3 is 0 Å². The molecule has 5 heteroatoms. The number of para-hydroxylation sites is 2. The number of nitrogens with zero attached hydrogens (tertiary/aromatic N) is 2. The van der Waals surface area contributed by atoms with Crippen molar-refractivity contribution in [3.63, 3.8) is 0 Å². The Morgan fingerprint density at radius 2 is 1.92 bits per heavy atom. The molecule has 0 saturated carbocycles. The molecule has 2 aromatic carbocycles. The van der Waals surface area contributed by atoms with Crippen molar-refractivity contribution in [1.29, 1.82) is 0 Å². The summed E-state index contributed by atoms with van der Waals surface area (Å²) in [5, 5.41) is 3.72. The van der Waals surface area contributed by atoms with E-state index in [9.17, 15) is 4.79 Å². The van der Waals surface area contributed by atoms with Gasteiger partial charge in [0.05, 0.1) is 11.0 Å². The van der Waals surface area contributed by atoms with E-state index >= 15 is 0 Å². The summed E-state index contributed by atoms with van der Waals surface area (Å²) >= 11 is 6.00. The molecule has 1 amide bonds. The van der Waals surface area contributed by atoms with E-state index in [0.717, 1.165) is 47.7 Å². The monoisotopic (exact) mass is 369 g/mol. The molecule has 0 aliphatic heterocycles. The summed E-state index contributed by atoms with van der Waals surface area (Å²) in [5.74, 6) is 1.17. The number of benzene rings is 2. The zero-order valence-electron chi connectivity index (χ0n) is 15.0. The number of rotatable bonds is 8. The maximum Gasteiger partial charge on any atom is 0.219 e. The summed E-state index contributed by atoms with van der Waals surface area (Å²) < 4.78 is 2.26. The lowest BCUT2D eigenvalue weighted by molar-refractivity contribution is -0.121. The molecule has 0 bridgehead atoms. The van der Waals surface area contributed by atoms with E-state index in [0.29, 0.717) is 13.0 Å². The number of nitrogens with one attached hydrogen (secondary N) is 1. The lowest BCUT2D eigenvalue weighted by Crippen LogP contribution is -2.24. The molecule has 0 spiro atoms. The standard InChI is InChI=1S/C21H24ClN3O/c1-2-6-21(26)23-14-5-9-20-24-18-7-3-4-8-19(18)25(20)15-16-10-12-17(22)13-11-16/h3-4,7-8,10-13H,2,5-6,9,14-15H2,1H3,(H,23,26). The van der Waals surface area contributed by atoms with Crippen LogP contribution in [-0.2, 0) is 17.8 Å². The fraction of sp³-hybridized carbons (Fsp3) is 0.333. The minimum atomic E-state index is 0.127. The second-order valence-corrected chi connectivity index (χ2v) is 6.87. The molecule has 0 fully saturated rings. The van der Waals surface area contributed by atoms with Crippen LogP contribution in [-0.4, -0.2) is 22.0 Å². The maximum atomic E-state index is 11.6. The van der Waals surface area contributed by atoms with Crippen LogP contribution in [0, 0.1) is 0 Å². The molecule has 1 aromatic heterocycles. The molecule has 0 saturated heterocycles. The molecule has 1 heterocycles. The number of carbonyl (C=O) groups is 1. The third-order valence-electron chi connectivity index (χ3n) is 4.36. The topological polar surface area (TPSA) is 46.9 Å². The molecule has 0 aliphatic rings. The van der Waals surface area contributed by atoms with Crippen LogP contribution in [0.2, 0.25) is 5.02 Å². The molecular formula is C21H24ClN3O. The number of hydrogen-bond acceptors (Lipinski definition) is 2. The zero-order valence-corrected chi connectivity index (χ0v) is 15.8. The van der Waals surface area contributed by atoms with Crippen molar-refractivity contribution in [3.8, 4) is 0 Å². The van der Waals surface area contributed by atoms with E-state index in [1.165, 1.54) is 5.56 Å². The van der Waals surface area contributed by atoms with Crippen LogP contribution >= 0.6 is 11.6 Å². The van der Waals surface area contributed by atoms with Crippen molar-refractivity contribution in [2.45, 2.75) is 39.2 Å². The third-order valence-corrected chi connectivity index (χ3v) is 4.62. The van der Waals surface area contributed by atoms with Crippen molar-refractivity contribution in [2.24, 2.45) is 0 Å². The summed E-state index contributed by atoms with van der Waals surface area (Å²) in [7, 11) is 0. The van der Waals surface area contributed by atoms with Gasteiger partial charge in [-0.15, -0.1) is 0 Å². The molecule has 3 rings (SSSR count). The fourth-order valence-corrected chi connectivity index (χ4v) is 3.18. The Hall–Kier alpha value is -2.33. The highest BCUT2D eigenvalue weighted by Crippen LogP contribution is 2.20. The zero-order chi connectivity index (χ0) is 18.4. The van der Waals surface area contributed by atoms with Gasteiger partial charge in [0, 0.05) is 31.0 Å². The van der Waals surface area contributed by atoms with Crippen molar-refractivity contribution < 1.29 is 4.79 Å². The number of amides is 1. The number of fused-ring (bicyclic) bond motifs is 1. The molecule has 26 heavy (non-hydrogen) atoms.